The lowest BCUT2D eigenvalue weighted by Crippen LogP contribution is -2.44. The van der Waals surface area contributed by atoms with Gasteiger partial charge >= 0.3 is 5.97 Å². The maximum absolute atomic E-state index is 11.1. The molecule has 0 fully saturated rings. The molecule has 1 atom stereocenters. The minimum Gasteiger partial charge on any atom is -0.481 e. The van der Waals surface area contributed by atoms with Crippen molar-refractivity contribution in [3.05, 3.63) is 35.9 Å². The summed E-state index contributed by atoms with van der Waals surface area (Å²) < 4.78 is 0. The van der Waals surface area contributed by atoms with Gasteiger partial charge in [-0.25, -0.2) is 0 Å². The van der Waals surface area contributed by atoms with Crippen molar-refractivity contribution >= 4 is 11.9 Å². The Labute approximate surface area is 94.3 Å². The first-order valence-electron chi connectivity index (χ1n) is 5.00. The third kappa shape index (κ3) is 3.08. The maximum Gasteiger partial charge on any atom is 0.306 e. The summed E-state index contributed by atoms with van der Waals surface area (Å²) in [6, 6.07) is 9.09. The highest BCUT2D eigenvalue weighted by molar-refractivity contribution is 5.76. The summed E-state index contributed by atoms with van der Waals surface area (Å²) in [4.78, 5) is 21.9. The monoisotopic (exact) mass is 221 g/mol. The molecular weight excluding hydrogens is 206 g/mol. The summed E-state index contributed by atoms with van der Waals surface area (Å²) in [6.07, 6.45) is -0.142. The topological polar surface area (TPSA) is 66.4 Å². The molecule has 0 saturated heterocycles. The molecule has 4 heteroatoms. The van der Waals surface area contributed by atoms with Gasteiger partial charge in [0.2, 0.25) is 5.91 Å². The molecule has 0 radical (unpaired) electrons. The Bertz CT molecular complexity index is 371. The number of nitrogens with one attached hydrogen (secondary N) is 1. The molecule has 86 valence electrons. The second-order valence-corrected chi connectivity index (χ2v) is 3.95. The molecule has 0 bridgehead atoms. The highest BCUT2D eigenvalue weighted by atomic mass is 16.4. The number of aliphatic carboxylic acids is 1. The highest BCUT2D eigenvalue weighted by Crippen LogP contribution is 2.24. The normalized spacial score (nSPS) is 13.9. The van der Waals surface area contributed by atoms with Gasteiger partial charge in [-0.05, 0) is 12.5 Å². The zero-order chi connectivity index (χ0) is 12.2. The van der Waals surface area contributed by atoms with Crippen molar-refractivity contribution in [2.24, 2.45) is 0 Å². The molecule has 0 aromatic heterocycles. The highest BCUT2D eigenvalue weighted by Gasteiger charge is 2.30. The van der Waals surface area contributed by atoms with Crippen LogP contribution in [-0.2, 0) is 15.1 Å². The van der Waals surface area contributed by atoms with Gasteiger partial charge in [0.05, 0.1) is 12.0 Å². The number of amides is 1. The van der Waals surface area contributed by atoms with E-state index in [1.165, 1.54) is 6.92 Å². The molecule has 0 unspecified atom stereocenters. The third-order valence-electron chi connectivity index (χ3n) is 2.37. The van der Waals surface area contributed by atoms with Crippen molar-refractivity contribution in [1.82, 2.24) is 5.32 Å². The SMILES string of the molecule is CC(=O)N[C@](C)(CC(=O)O)c1ccccc1. The van der Waals surface area contributed by atoms with Gasteiger partial charge in [-0.15, -0.1) is 0 Å². The molecule has 0 heterocycles. The number of carbonyl (C=O) groups excluding carboxylic acids is 1. The number of carbonyl (C=O) groups is 2. The average molecular weight is 221 g/mol. The number of benzene rings is 1. The van der Waals surface area contributed by atoms with E-state index in [9.17, 15) is 9.59 Å². The van der Waals surface area contributed by atoms with Crippen molar-refractivity contribution in [3.63, 3.8) is 0 Å². The van der Waals surface area contributed by atoms with Gasteiger partial charge in [0.25, 0.3) is 0 Å². The van der Waals surface area contributed by atoms with Crippen LogP contribution < -0.4 is 5.32 Å². The zero-order valence-corrected chi connectivity index (χ0v) is 9.36. The fraction of sp³-hybridized carbons (Fsp3) is 0.333. The first-order valence-corrected chi connectivity index (χ1v) is 5.00. The molecule has 0 aliphatic heterocycles. The van der Waals surface area contributed by atoms with E-state index in [2.05, 4.69) is 5.32 Å². The van der Waals surface area contributed by atoms with Crippen molar-refractivity contribution in [2.75, 3.05) is 0 Å². The van der Waals surface area contributed by atoms with Crippen LogP contribution in [0.2, 0.25) is 0 Å². The fourth-order valence-corrected chi connectivity index (χ4v) is 1.72. The van der Waals surface area contributed by atoms with Gasteiger partial charge < -0.3 is 10.4 Å². The molecule has 1 aromatic rings. The summed E-state index contributed by atoms with van der Waals surface area (Å²) in [5.41, 5.74) is -0.0774. The first-order chi connectivity index (χ1) is 7.44. The van der Waals surface area contributed by atoms with E-state index in [0.29, 0.717) is 0 Å². The molecule has 0 spiro atoms. The second-order valence-electron chi connectivity index (χ2n) is 3.95. The number of carboxylic acid groups (broad SMARTS) is 1. The lowest BCUT2D eigenvalue weighted by Gasteiger charge is -2.29. The fourth-order valence-electron chi connectivity index (χ4n) is 1.72. The summed E-state index contributed by atoms with van der Waals surface area (Å²) >= 11 is 0. The maximum atomic E-state index is 11.1. The molecule has 1 aromatic carbocycles. The molecule has 16 heavy (non-hydrogen) atoms. The molecule has 0 aliphatic rings. The minimum atomic E-state index is -0.944. The largest absolute Gasteiger partial charge is 0.481 e. The molecule has 0 aliphatic carbocycles. The molecule has 1 rings (SSSR count). The Hall–Kier alpha value is -1.84. The van der Waals surface area contributed by atoms with E-state index in [-0.39, 0.29) is 12.3 Å². The van der Waals surface area contributed by atoms with Gasteiger partial charge in [0, 0.05) is 6.92 Å². The smallest absolute Gasteiger partial charge is 0.306 e. The van der Waals surface area contributed by atoms with Crippen LogP contribution in [0.4, 0.5) is 0 Å². The predicted octanol–water partition coefficient (Wildman–Crippen LogP) is 1.51. The lowest BCUT2D eigenvalue weighted by atomic mass is 9.88. The van der Waals surface area contributed by atoms with Crippen molar-refractivity contribution in [1.29, 1.82) is 0 Å². The van der Waals surface area contributed by atoms with Gasteiger partial charge in [-0.2, -0.15) is 0 Å². The first kappa shape index (κ1) is 12.2. The quantitative estimate of drug-likeness (QED) is 0.810. The number of hydrogen-bond donors (Lipinski definition) is 2. The molecule has 1 amide bonds. The number of carboxylic acids is 1. The summed E-state index contributed by atoms with van der Waals surface area (Å²) in [6.45, 7) is 3.08. The van der Waals surface area contributed by atoms with E-state index in [1.54, 1.807) is 19.1 Å². The van der Waals surface area contributed by atoms with Crippen LogP contribution >= 0.6 is 0 Å². The number of hydrogen-bond acceptors (Lipinski definition) is 2. The predicted molar refractivity (Wildman–Crippen MR) is 59.9 cm³/mol. The minimum absolute atomic E-state index is 0.142. The van der Waals surface area contributed by atoms with Crippen LogP contribution in [0.15, 0.2) is 30.3 Å². The van der Waals surface area contributed by atoms with Crippen molar-refractivity contribution in [3.8, 4) is 0 Å². The Morgan fingerprint density at radius 3 is 2.31 bits per heavy atom. The van der Waals surface area contributed by atoms with Crippen LogP contribution in [0.1, 0.15) is 25.8 Å². The van der Waals surface area contributed by atoms with E-state index in [1.807, 2.05) is 18.2 Å². The Morgan fingerprint density at radius 2 is 1.88 bits per heavy atom. The van der Waals surface area contributed by atoms with Crippen LogP contribution in [0, 0.1) is 0 Å². The van der Waals surface area contributed by atoms with Gasteiger partial charge in [0.15, 0.2) is 0 Å². The Morgan fingerprint density at radius 1 is 1.31 bits per heavy atom. The summed E-state index contributed by atoms with van der Waals surface area (Å²) in [5.74, 6) is -1.19. The summed E-state index contributed by atoms with van der Waals surface area (Å²) in [7, 11) is 0. The molecule has 2 N–H and O–H groups in total. The van der Waals surface area contributed by atoms with Gasteiger partial charge in [-0.1, -0.05) is 30.3 Å². The summed E-state index contributed by atoms with van der Waals surface area (Å²) in [5, 5.41) is 11.6. The van der Waals surface area contributed by atoms with Crippen LogP contribution in [0.3, 0.4) is 0 Å². The molecule has 0 saturated carbocycles. The van der Waals surface area contributed by atoms with E-state index < -0.39 is 11.5 Å². The Kier molecular flexibility index (Phi) is 3.66. The standard InChI is InChI=1S/C12H15NO3/c1-9(14)13-12(2,8-11(15)16)10-6-4-3-5-7-10/h3-7H,8H2,1-2H3,(H,13,14)(H,15,16)/t12-/m1/s1. The Balaban J connectivity index is 3.04. The molecule has 4 nitrogen and oxygen atoms in total. The third-order valence-corrected chi connectivity index (χ3v) is 2.37. The van der Waals surface area contributed by atoms with Crippen LogP contribution in [-0.4, -0.2) is 17.0 Å². The van der Waals surface area contributed by atoms with E-state index in [0.717, 1.165) is 5.56 Å². The van der Waals surface area contributed by atoms with Crippen molar-refractivity contribution in [2.45, 2.75) is 25.8 Å². The van der Waals surface area contributed by atoms with Crippen LogP contribution in [0.25, 0.3) is 0 Å². The van der Waals surface area contributed by atoms with E-state index in [4.69, 9.17) is 5.11 Å². The molecular formula is C12H15NO3. The number of rotatable bonds is 4. The zero-order valence-electron chi connectivity index (χ0n) is 9.36. The van der Waals surface area contributed by atoms with E-state index >= 15 is 0 Å². The lowest BCUT2D eigenvalue weighted by molar-refractivity contribution is -0.139. The van der Waals surface area contributed by atoms with Crippen molar-refractivity contribution < 1.29 is 14.7 Å². The van der Waals surface area contributed by atoms with Crippen LogP contribution in [0.5, 0.6) is 0 Å². The second kappa shape index (κ2) is 4.79. The average Bonchev–Trinajstić information content (AvgIpc) is 2.16. The van der Waals surface area contributed by atoms with Gasteiger partial charge in [-0.3, -0.25) is 9.59 Å². The van der Waals surface area contributed by atoms with Gasteiger partial charge in [0.1, 0.15) is 0 Å².